The number of benzene rings is 1. The molecule has 1 fully saturated rings. The van der Waals surface area contributed by atoms with Crippen LogP contribution in [0.4, 0.5) is 0 Å². The summed E-state index contributed by atoms with van der Waals surface area (Å²) in [6, 6.07) is 7.77. The van der Waals surface area contributed by atoms with E-state index in [0.717, 1.165) is 56.3 Å². The third-order valence-electron chi connectivity index (χ3n) is 6.10. The molecule has 1 aliphatic heterocycles. The van der Waals surface area contributed by atoms with Crippen LogP contribution in [-0.4, -0.2) is 52.8 Å². The van der Waals surface area contributed by atoms with Gasteiger partial charge in [-0.05, 0) is 45.7 Å². The number of alkyl halides is 1. The van der Waals surface area contributed by atoms with Gasteiger partial charge < -0.3 is 4.48 Å². The maximum atomic E-state index is 12.9. The van der Waals surface area contributed by atoms with E-state index in [1.165, 1.54) is 10.5 Å². The van der Waals surface area contributed by atoms with E-state index >= 15 is 0 Å². The molecule has 1 heterocycles. The molecule has 0 radical (unpaired) electrons. The molecular formula is C22H34ClN2O2+. The molecule has 1 unspecified atom stereocenters. The van der Waals surface area contributed by atoms with Crippen molar-refractivity contribution in [2.45, 2.75) is 64.8 Å². The number of carbonyl (C=O) groups excluding carboxylic acids is 2. The standard InChI is InChI=1S/C22H34ClN2O2/c1-4-25(5-2,6-3)17-18-12-14-19(15-13-18)21(26)24-16-10-8-7-9-11-20(23)22(24)27/h12-15,20H,4-11,16-17H2,1-3H3/q+1. The highest BCUT2D eigenvalue weighted by Gasteiger charge is 2.29. The lowest BCUT2D eigenvalue weighted by Crippen LogP contribution is -2.46. The van der Waals surface area contributed by atoms with Crippen LogP contribution in [0, 0.1) is 0 Å². The Balaban J connectivity index is 2.14. The molecule has 2 rings (SSSR count). The Morgan fingerprint density at radius 1 is 1.04 bits per heavy atom. The first kappa shape index (κ1) is 21.9. The molecule has 1 aliphatic rings. The molecule has 1 atom stereocenters. The number of hydrogen-bond acceptors (Lipinski definition) is 2. The summed E-state index contributed by atoms with van der Waals surface area (Å²) >= 11 is 6.24. The Bertz CT molecular complexity index is 617. The minimum Gasteiger partial charge on any atom is -0.321 e. The van der Waals surface area contributed by atoms with Crippen molar-refractivity contribution in [3.63, 3.8) is 0 Å². The minimum atomic E-state index is -0.595. The molecule has 1 aromatic carbocycles. The zero-order chi connectivity index (χ0) is 19.9. The van der Waals surface area contributed by atoms with Gasteiger partial charge in [0.25, 0.3) is 5.91 Å². The minimum absolute atomic E-state index is 0.221. The summed E-state index contributed by atoms with van der Waals surface area (Å²) in [7, 11) is 0. The predicted molar refractivity (Wildman–Crippen MR) is 111 cm³/mol. The third-order valence-corrected chi connectivity index (χ3v) is 6.50. The van der Waals surface area contributed by atoms with Crippen LogP contribution in [0.1, 0.15) is 68.8 Å². The number of quaternary nitrogens is 1. The zero-order valence-corrected chi connectivity index (χ0v) is 17.8. The van der Waals surface area contributed by atoms with Gasteiger partial charge in [0.05, 0.1) is 19.6 Å². The Hall–Kier alpha value is -1.39. The fraction of sp³-hybridized carbons (Fsp3) is 0.636. The third kappa shape index (κ3) is 5.55. The molecule has 27 heavy (non-hydrogen) atoms. The number of carbonyl (C=O) groups is 2. The second-order valence-electron chi connectivity index (χ2n) is 7.61. The number of imide groups is 1. The van der Waals surface area contributed by atoms with Crippen LogP contribution in [-0.2, 0) is 11.3 Å². The van der Waals surface area contributed by atoms with Crippen molar-refractivity contribution in [3.8, 4) is 0 Å². The van der Waals surface area contributed by atoms with Crippen molar-refractivity contribution in [1.29, 1.82) is 0 Å². The SMILES string of the molecule is CC[N+](CC)(CC)Cc1ccc(C(=O)N2CCCCCCC(Cl)C2=O)cc1. The first-order chi connectivity index (χ1) is 13.0. The van der Waals surface area contributed by atoms with Gasteiger partial charge in [-0.2, -0.15) is 0 Å². The van der Waals surface area contributed by atoms with Crippen molar-refractivity contribution in [1.82, 2.24) is 4.90 Å². The van der Waals surface area contributed by atoms with Crippen LogP contribution >= 0.6 is 11.6 Å². The van der Waals surface area contributed by atoms with Gasteiger partial charge in [0.1, 0.15) is 11.9 Å². The summed E-state index contributed by atoms with van der Waals surface area (Å²) in [5.41, 5.74) is 1.79. The van der Waals surface area contributed by atoms with Gasteiger partial charge in [-0.1, -0.05) is 31.4 Å². The topological polar surface area (TPSA) is 37.4 Å². The van der Waals surface area contributed by atoms with Crippen molar-refractivity contribution in [2.24, 2.45) is 0 Å². The maximum absolute atomic E-state index is 12.9. The average molecular weight is 394 g/mol. The summed E-state index contributed by atoms with van der Waals surface area (Å²) in [6.07, 6.45) is 4.55. The van der Waals surface area contributed by atoms with Crippen LogP contribution in [0.5, 0.6) is 0 Å². The number of halogens is 1. The van der Waals surface area contributed by atoms with E-state index < -0.39 is 5.38 Å². The largest absolute Gasteiger partial charge is 0.321 e. The van der Waals surface area contributed by atoms with E-state index in [1.807, 2.05) is 24.3 Å². The number of amides is 2. The number of nitrogens with zero attached hydrogens (tertiary/aromatic N) is 2. The van der Waals surface area contributed by atoms with Crippen LogP contribution in [0.15, 0.2) is 24.3 Å². The summed E-state index contributed by atoms with van der Waals surface area (Å²) in [6.45, 7) is 11.4. The quantitative estimate of drug-likeness (QED) is 0.402. The van der Waals surface area contributed by atoms with Gasteiger partial charge in [-0.25, -0.2) is 0 Å². The van der Waals surface area contributed by atoms with Gasteiger partial charge >= 0.3 is 0 Å². The van der Waals surface area contributed by atoms with Gasteiger partial charge in [0, 0.05) is 17.7 Å². The fourth-order valence-electron chi connectivity index (χ4n) is 3.85. The summed E-state index contributed by atoms with van der Waals surface area (Å²) in [4.78, 5) is 26.9. The van der Waals surface area contributed by atoms with Crippen molar-refractivity contribution >= 4 is 23.4 Å². The second-order valence-corrected chi connectivity index (χ2v) is 8.14. The molecule has 0 aromatic heterocycles. The average Bonchev–Trinajstić information content (AvgIpc) is 2.78. The summed E-state index contributed by atoms with van der Waals surface area (Å²) in [5, 5.41) is -0.595. The van der Waals surface area contributed by atoms with E-state index in [-0.39, 0.29) is 11.8 Å². The Morgan fingerprint density at radius 3 is 2.22 bits per heavy atom. The molecule has 0 spiro atoms. The van der Waals surface area contributed by atoms with E-state index in [4.69, 9.17) is 11.6 Å². The molecule has 0 aliphatic carbocycles. The monoisotopic (exact) mass is 393 g/mol. The second kappa shape index (κ2) is 10.2. The Kier molecular flexibility index (Phi) is 8.30. The molecule has 1 saturated heterocycles. The molecule has 5 heteroatoms. The first-order valence-corrected chi connectivity index (χ1v) is 10.8. The molecule has 4 nitrogen and oxygen atoms in total. The van der Waals surface area contributed by atoms with E-state index in [1.54, 1.807) is 0 Å². The van der Waals surface area contributed by atoms with Gasteiger partial charge in [0.15, 0.2) is 0 Å². The van der Waals surface area contributed by atoms with Gasteiger partial charge in [-0.3, -0.25) is 14.5 Å². The first-order valence-electron chi connectivity index (χ1n) is 10.4. The summed E-state index contributed by atoms with van der Waals surface area (Å²) in [5.74, 6) is -0.465. The van der Waals surface area contributed by atoms with Crippen LogP contribution < -0.4 is 0 Å². The van der Waals surface area contributed by atoms with Gasteiger partial charge in [-0.15, -0.1) is 11.6 Å². The van der Waals surface area contributed by atoms with Crippen molar-refractivity contribution < 1.29 is 14.1 Å². The molecule has 0 N–H and O–H groups in total. The molecular weight excluding hydrogens is 360 g/mol. The maximum Gasteiger partial charge on any atom is 0.260 e. The zero-order valence-electron chi connectivity index (χ0n) is 17.0. The smallest absolute Gasteiger partial charge is 0.260 e. The fourth-order valence-corrected chi connectivity index (χ4v) is 4.13. The summed E-state index contributed by atoms with van der Waals surface area (Å²) < 4.78 is 1.03. The number of rotatable bonds is 6. The predicted octanol–water partition coefficient (Wildman–Crippen LogP) is 4.60. The lowest BCUT2D eigenvalue weighted by Gasteiger charge is -2.36. The normalized spacial score (nSPS) is 19.3. The molecule has 1 aromatic rings. The van der Waals surface area contributed by atoms with E-state index in [9.17, 15) is 9.59 Å². The van der Waals surface area contributed by atoms with Crippen LogP contribution in [0.2, 0.25) is 0 Å². The number of hydrogen-bond donors (Lipinski definition) is 0. The molecule has 2 amide bonds. The van der Waals surface area contributed by atoms with Crippen molar-refractivity contribution in [2.75, 3.05) is 26.2 Å². The lowest BCUT2D eigenvalue weighted by atomic mass is 10.1. The molecule has 0 bridgehead atoms. The molecule has 150 valence electrons. The van der Waals surface area contributed by atoms with Crippen LogP contribution in [0.3, 0.4) is 0 Å². The van der Waals surface area contributed by atoms with Crippen LogP contribution in [0.25, 0.3) is 0 Å². The van der Waals surface area contributed by atoms with E-state index in [2.05, 4.69) is 20.8 Å². The Morgan fingerprint density at radius 2 is 1.63 bits per heavy atom. The highest BCUT2D eigenvalue weighted by Crippen LogP contribution is 2.20. The Labute approximate surface area is 169 Å². The van der Waals surface area contributed by atoms with Gasteiger partial charge in [0.2, 0.25) is 5.91 Å². The highest BCUT2D eigenvalue weighted by molar-refractivity contribution is 6.32. The van der Waals surface area contributed by atoms with Crippen molar-refractivity contribution in [3.05, 3.63) is 35.4 Å². The molecule has 0 saturated carbocycles. The van der Waals surface area contributed by atoms with E-state index in [0.29, 0.717) is 18.5 Å². The highest BCUT2D eigenvalue weighted by atomic mass is 35.5. The lowest BCUT2D eigenvalue weighted by molar-refractivity contribution is -0.936.